The highest BCUT2D eigenvalue weighted by molar-refractivity contribution is 5.85. The number of fused-ring (bicyclic) bond motifs is 1. The maximum Gasteiger partial charge on any atom is 0.224 e. The summed E-state index contributed by atoms with van der Waals surface area (Å²) in [7, 11) is 1.85. The molecular formula is C20H25Cl2FN4O. The number of halogens is 3. The van der Waals surface area contributed by atoms with E-state index in [1.54, 1.807) is 6.07 Å². The summed E-state index contributed by atoms with van der Waals surface area (Å²) in [6.45, 7) is 2.27. The van der Waals surface area contributed by atoms with Crippen LogP contribution in [0.15, 0.2) is 48.5 Å². The van der Waals surface area contributed by atoms with E-state index in [9.17, 15) is 9.18 Å². The van der Waals surface area contributed by atoms with Crippen LogP contribution in [-0.4, -0.2) is 22.0 Å². The van der Waals surface area contributed by atoms with E-state index in [0.717, 1.165) is 22.4 Å². The van der Waals surface area contributed by atoms with Gasteiger partial charge in [-0.15, -0.1) is 24.8 Å². The first kappa shape index (κ1) is 23.9. The molecule has 5 nitrogen and oxygen atoms in total. The summed E-state index contributed by atoms with van der Waals surface area (Å²) in [5.41, 5.74) is 8.62. The molecule has 0 aliphatic carbocycles. The Morgan fingerprint density at radius 3 is 2.57 bits per heavy atom. The zero-order valence-corrected chi connectivity index (χ0v) is 17.4. The lowest BCUT2D eigenvalue weighted by molar-refractivity contribution is -0.125. The molecule has 0 spiro atoms. The molecule has 3 rings (SSSR count). The topological polar surface area (TPSA) is 72.9 Å². The molecule has 0 radical (unpaired) electrons. The Bertz CT molecular complexity index is 917. The fraction of sp³-hybridized carbons (Fsp3) is 0.300. The maximum atomic E-state index is 13.4. The van der Waals surface area contributed by atoms with Gasteiger partial charge in [-0.1, -0.05) is 37.3 Å². The number of aromatic nitrogens is 2. The quantitative estimate of drug-likeness (QED) is 0.632. The molecule has 1 amide bonds. The largest absolute Gasteiger partial charge is 0.355 e. The van der Waals surface area contributed by atoms with Crippen LogP contribution in [0.3, 0.4) is 0 Å². The normalized spacial score (nSPS) is 12.6. The van der Waals surface area contributed by atoms with E-state index < -0.39 is 0 Å². The van der Waals surface area contributed by atoms with Crippen molar-refractivity contribution < 1.29 is 9.18 Å². The summed E-state index contributed by atoms with van der Waals surface area (Å²) in [6, 6.07) is 13.8. The summed E-state index contributed by atoms with van der Waals surface area (Å²) < 4.78 is 15.2. The molecule has 28 heavy (non-hydrogen) atoms. The van der Waals surface area contributed by atoms with Gasteiger partial charge in [0.1, 0.15) is 11.6 Å². The minimum atomic E-state index is -0.352. The van der Waals surface area contributed by atoms with Crippen LogP contribution in [-0.2, 0) is 18.3 Å². The van der Waals surface area contributed by atoms with Crippen molar-refractivity contribution in [3.63, 3.8) is 0 Å². The molecule has 3 N–H and O–H groups in total. The highest BCUT2D eigenvalue weighted by atomic mass is 35.5. The van der Waals surface area contributed by atoms with Gasteiger partial charge in [0, 0.05) is 26.1 Å². The number of hydrogen-bond donors (Lipinski definition) is 2. The average Bonchev–Trinajstić information content (AvgIpc) is 2.96. The van der Waals surface area contributed by atoms with Gasteiger partial charge in [-0.2, -0.15) is 0 Å². The van der Waals surface area contributed by atoms with Crippen LogP contribution in [0, 0.1) is 11.7 Å². The van der Waals surface area contributed by atoms with E-state index in [2.05, 4.69) is 10.3 Å². The van der Waals surface area contributed by atoms with Gasteiger partial charge in [0.2, 0.25) is 5.91 Å². The van der Waals surface area contributed by atoms with E-state index in [-0.39, 0.29) is 48.5 Å². The van der Waals surface area contributed by atoms with Crippen LogP contribution in [0.4, 0.5) is 4.39 Å². The molecule has 152 valence electrons. The number of rotatable bonds is 6. The van der Waals surface area contributed by atoms with Gasteiger partial charge in [0.25, 0.3) is 0 Å². The molecule has 0 saturated heterocycles. The Morgan fingerprint density at radius 2 is 1.89 bits per heavy atom. The average molecular weight is 427 g/mol. The predicted octanol–water partition coefficient (Wildman–Crippen LogP) is 3.55. The van der Waals surface area contributed by atoms with Crippen molar-refractivity contribution in [2.45, 2.75) is 19.4 Å². The van der Waals surface area contributed by atoms with Crippen molar-refractivity contribution in [3.8, 4) is 0 Å². The lowest BCUT2D eigenvalue weighted by atomic mass is 9.95. The molecule has 1 aromatic heterocycles. The second-order valence-electron chi connectivity index (χ2n) is 6.49. The minimum Gasteiger partial charge on any atom is -0.355 e. The van der Waals surface area contributed by atoms with Gasteiger partial charge in [0.15, 0.2) is 0 Å². The highest BCUT2D eigenvalue weighted by Crippen LogP contribution is 2.19. The van der Waals surface area contributed by atoms with E-state index >= 15 is 0 Å². The number of imidazole rings is 1. The lowest BCUT2D eigenvalue weighted by Gasteiger charge is -2.19. The first-order valence-electron chi connectivity index (χ1n) is 8.66. The third-order valence-electron chi connectivity index (χ3n) is 4.72. The van der Waals surface area contributed by atoms with E-state index in [1.807, 2.05) is 48.9 Å². The van der Waals surface area contributed by atoms with Crippen molar-refractivity contribution in [1.29, 1.82) is 0 Å². The number of nitrogens with zero attached hydrogens (tertiary/aromatic N) is 2. The SMILES string of the molecule is CC(C(=O)NCCc1nc2ccc(F)cc2n1C)C(N)c1ccccc1.Cl.Cl. The molecule has 2 aromatic carbocycles. The molecule has 0 saturated carbocycles. The molecule has 8 heteroatoms. The third-order valence-corrected chi connectivity index (χ3v) is 4.72. The smallest absolute Gasteiger partial charge is 0.224 e. The van der Waals surface area contributed by atoms with Gasteiger partial charge in [-0.25, -0.2) is 9.37 Å². The number of carbonyl (C=O) groups excluding carboxylic acids is 1. The maximum absolute atomic E-state index is 13.4. The van der Waals surface area contributed by atoms with Crippen LogP contribution in [0.2, 0.25) is 0 Å². The monoisotopic (exact) mass is 426 g/mol. The van der Waals surface area contributed by atoms with Gasteiger partial charge >= 0.3 is 0 Å². The van der Waals surface area contributed by atoms with E-state index in [4.69, 9.17) is 5.73 Å². The first-order chi connectivity index (χ1) is 12.5. The molecule has 1 heterocycles. The number of hydrogen-bond acceptors (Lipinski definition) is 3. The number of carbonyl (C=O) groups is 1. The fourth-order valence-electron chi connectivity index (χ4n) is 3.02. The highest BCUT2D eigenvalue weighted by Gasteiger charge is 2.21. The lowest BCUT2D eigenvalue weighted by Crippen LogP contribution is -2.36. The molecule has 0 aliphatic rings. The summed E-state index contributed by atoms with van der Waals surface area (Å²) in [5.74, 6) is 0.0769. The summed E-state index contributed by atoms with van der Waals surface area (Å²) in [6.07, 6.45) is 0.561. The van der Waals surface area contributed by atoms with Crippen LogP contribution in [0.1, 0.15) is 24.4 Å². The number of aryl methyl sites for hydroxylation is 1. The van der Waals surface area contributed by atoms with E-state index in [1.165, 1.54) is 12.1 Å². The van der Waals surface area contributed by atoms with Gasteiger partial charge in [-0.05, 0) is 23.8 Å². The van der Waals surface area contributed by atoms with Crippen LogP contribution in [0.25, 0.3) is 11.0 Å². The number of amides is 1. The predicted molar refractivity (Wildman–Crippen MR) is 114 cm³/mol. The van der Waals surface area contributed by atoms with Gasteiger partial charge in [0.05, 0.1) is 17.0 Å². The van der Waals surface area contributed by atoms with Crippen molar-refractivity contribution in [2.75, 3.05) is 6.54 Å². The summed E-state index contributed by atoms with van der Waals surface area (Å²) >= 11 is 0. The third kappa shape index (κ3) is 5.22. The standard InChI is InChI=1S/C20H23FN4O.2ClH/c1-13(19(22)14-6-4-3-5-7-14)20(26)23-11-10-18-24-16-9-8-15(21)12-17(16)25(18)2;;/h3-9,12-13,19H,10-11,22H2,1-2H3,(H,23,26);2*1H. The molecule has 0 fully saturated rings. The summed E-state index contributed by atoms with van der Waals surface area (Å²) in [4.78, 5) is 16.9. The second-order valence-corrected chi connectivity index (χ2v) is 6.49. The Kier molecular flexibility index (Phi) is 8.88. The van der Waals surface area contributed by atoms with Gasteiger partial charge < -0.3 is 15.6 Å². The molecule has 0 bridgehead atoms. The van der Waals surface area contributed by atoms with Crippen molar-refractivity contribution in [2.24, 2.45) is 18.7 Å². The van der Waals surface area contributed by atoms with Crippen molar-refractivity contribution in [1.82, 2.24) is 14.9 Å². The van der Waals surface area contributed by atoms with E-state index in [0.29, 0.717) is 13.0 Å². The molecule has 2 atom stereocenters. The zero-order chi connectivity index (χ0) is 18.7. The minimum absolute atomic E-state index is 0. The van der Waals surface area contributed by atoms with Crippen LogP contribution in [0.5, 0.6) is 0 Å². The number of nitrogens with two attached hydrogens (primary N) is 1. The molecule has 2 unspecified atom stereocenters. The summed E-state index contributed by atoms with van der Waals surface area (Å²) in [5, 5.41) is 2.92. The second kappa shape index (κ2) is 10.4. The molecule has 0 aliphatic heterocycles. The molecular weight excluding hydrogens is 402 g/mol. The Balaban J connectivity index is 0.00000196. The Morgan fingerprint density at radius 1 is 1.21 bits per heavy atom. The first-order valence-corrected chi connectivity index (χ1v) is 8.66. The number of benzene rings is 2. The van der Waals surface area contributed by atoms with Crippen LogP contribution < -0.4 is 11.1 Å². The zero-order valence-electron chi connectivity index (χ0n) is 15.8. The fourth-order valence-corrected chi connectivity index (χ4v) is 3.02. The van der Waals surface area contributed by atoms with Crippen molar-refractivity contribution in [3.05, 3.63) is 65.7 Å². The van der Waals surface area contributed by atoms with Crippen molar-refractivity contribution >= 4 is 41.8 Å². The Hall–Kier alpha value is -2.15. The molecule has 3 aromatic rings. The Labute approximate surface area is 176 Å². The van der Waals surface area contributed by atoms with Gasteiger partial charge in [-0.3, -0.25) is 4.79 Å². The number of nitrogens with one attached hydrogen (secondary N) is 1. The van der Waals surface area contributed by atoms with Crippen LogP contribution >= 0.6 is 24.8 Å².